The van der Waals surface area contributed by atoms with Gasteiger partial charge in [-0.05, 0) is 53.8 Å². The standard InChI is InChI=1S/C17H18O3.C8H11NO.BrH/c1-13(15-7-9-16(18)10-8-15)11-17(19)20-12-14-5-3-2-4-6-14;1-6(9)7-2-4-8(10)5-3-7;/h2-10,13,18H,11-12H2,1H3;2-6,10H,9H2,1H3;1H/t13-;6-;/m10./s1. The Hall–Kier alpha value is -2.83. The van der Waals surface area contributed by atoms with Crippen molar-refractivity contribution in [1.82, 2.24) is 0 Å². The second kappa shape index (κ2) is 13.5. The summed E-state index contributed by atoms with van der Waals surface area (Å²) >= 11 is 0. The highest BCUT2D eigenvalue weighted by atomic mass is 79.9. The molecule has 4 N–H and O–H groups in total. The fourth-order valence-electron chi connectivity index (χ4n) is 2.75. The molecule has 0 fully saturated rings. The molecule has 0 saturated carbocycles. The third-order valence-corrected chi connectivity index (χ3v) is 4.60. The highest BCUT2D eigenvalue weighted by Crippen LogP contribution is 2.22. The summed E-state index contributed by atoms with van der Waals surface area (Å²) in [6.07, 6.45) is 0.331. The van der Waals surface area contributed by atoms with Crippen LogP contribution in [0.15, 0.2) is 78.9 Å². The maximum Gasteiger partial charge on any atom is 0.306 e. The van der Waals surface area contributed by atoms with Crippen molar-refractivity contribution in [1.29, 1.82) is 0 Å². The van der Waals surface area contributed by atoms with Crippen molar-refractivity contribution >= 4 is 23.0 Å². The largest absolute Gasteiger partial charge is 0.508 e. The summed E-state index contributed by atoms with van der Waals surface area (Å²) in [4.78, 5) is 11.8. The van der Waals surface area contributed by atoms with Gasteiger partial charge < -0.3 is 20.7 Å². The molecule has 0 heterocycles. The molecule has 0 aliphatic heterocycles. The molecular formula is C25H30BrNO4. The number of ether oxygens (including phenoxy) is 1. The third-order valence-electron chi connectivity index (χ3n) is 4.60. The van der Waals surface area contributed by atoms with Gasteiger partial charge in [-0.15, -0.1) is 17.0 Å². The van der Waals surface area contributed by atoms with E-state index in [2.05, 4.69) is 0 Å². The van der Waals surface area contributed by atoms with Crippen LogP contribution in [0.2, 0.25) is 0 Å². The third kappa shape index (κ3) is 9.68. The molecule has 0 saturated heterocycles. The number of rotatable bonds is 6. The fourth-order valence-corrected chi connectivity index (χ4v) is 2.75. The molecule has 0 aliphatic rings. The predicted octanol–water partition coefficient (Wildman–Crippen LogP) is 5.62. The zero-order valence-corrected chi connectivity index (χ0v) is 19.5. The molecule has 0 unspecified atom stereocenters. The Morgan fingerprint density at radius 1 is 0.839 bits per heavy atom. The number of halogens is 1. The van der Waals surface area contributed by atoms with Crippen LogP contribution in [0.1, 0.15) is 48.9 Å². The quantitative estimate of drug-likeness (QED) is 0.392. The predicted molar refractivity (Wildman–Crippen MR) is 128 cm³/mol. The van der Waals surface area contributed by atoms with Crippen molar-refractivity contribution in [3.63, 3.8) is 0 Å². The molecule has 0 radical (unpaired) electrons. The van der Waals surface area contributed by atoms with Gasteiger partial charge in [0.25, 0.3) is 0 Å². The molecule has 0 aliphatic carbocycles. The first-order valence-corrected chi connectivity index (χ1v) is 9.88. The van der Waals surface area contributed by atoms with E-state index in [1.165, 1.54) is 0 Å². The van der Waals surface area contributed by atoms with Crippen molar-refractivity contribution in [3.8, 4) is 11.5 Å². The van der Waals surface area contributed by atoms with Crippen LogP contribution < -0.4 is 5.73 Å². The van der Waals surface area contributed by atoms with E-state index in [1.54, 1.807) is 24.3 Å². The Balaban J connectivity index is 0.000000370. The first-order chi connectivity index (χ1) is 14.3. The van der Waals surface area contributed by atoms with Gasteiger partial charge in [0, 0.05) is 6.04 Å². The zero-order valence-electron chi connectivity index (χ0n) is 17.8. The molecular weight excluding hydrogens is 458 g/mol. The Bertz CT molecular complexity index is 897. The molecule has 3 aromatic rings. The summed E-state index contributed by atoms with van der Waals surface area (Å²) in [5, 5.41) is 18.1. The summed E-state index contributed by atoms with van der Waals surface area (Å²) < 4.78 is 5.26. The average Bonchev–Trinajstić information content (AvgIpc) is 2.74. The van der Waals surface area contributed by atoms with E-state index in [4.69, 9.17) is 15.6 Å². The van der Waals surface area contributed by atoms with Crippen LogP contribution in [0.5, 0.6) is 11.5 Å². The first-order valence-electron chi connectivity index (χ1n) is 9.88. The second-order valence-corrected chi connectivity index (χ2v) is 7.22. The molecule has 3 rings (SSSR count). The van der Waals surface area contributed by atoms with Crippen molar-refractivity contribution in [2.75, 3.05) is 0 Å². The molecule has 3 aromatic carbocycles. The molecule has 31 heavy (non-hydrogen) atoms. The number of phenolic OH excluding ortho intramolecular Hbond substituents is 2. The van der Waals surface area contributed by atoms with Crippen LogP contribution in [0.25, 0.3) is 0 Å². The van der Waals surface area contributed by atoms with E-state index >= 15 is 0 Å². The molecule has 0 aromatic heterocycles. The molecule has 166 valence electrons. The minimum absolute atomic E-state index is 0. The van der Waals surface area contributed by atoms with Crippen molar-refractivity contribution in [2.45, 2.75) is 38.8 Å². The van der Waals surface area contributed by atoms with Gasteiger partial charge in [0.05, 0.1) is 6.42 Å². The normalized spacial score (nSPS) is 11.8. The number of carbonyl (C=O) groups is 1. The Labute approximate surface area is 194 Å². The second-order valence-electron chi connectivity index (χ2n) is 7.22. The lowest BCUT2D eigenvalue weighted by atomic mass is 9.98. The van der Waals surface area contributed by atoms with Crippen molar-refractivity contribution in [3.05, 3.63) is 95.6 Å². The van der Waals surface area contributed by atoms with Crippen molar-refractivity contribution in [2.24, 2.45) is 5.73 Å². The molecule has 0 amide bonds. The highest BCUT2D eigenvalue weighted by molar-refractivity contribution is 8.93. The lowest BCUT2D eigenvalue weighted by Crippen LogP contribution is -2.08. The Morgan fingerprint density at radius 2 is 1.32 bits per heavy atom. The number of aromatic hydroxyl groups is 2. The van der Waals surface area contributed by atoms with E-state index in [-0.39, 0.29) is 46.4 Å². The van der Waals surface area contributed by atoms with Crippen LogP contribution in [0, 0.1) is 0 Å². The van der Waals surface area contributed by atoms with Gasteiger partial charge >= 0.3 is 5.97 Å². The summed E-state index contributed by atoms with van der Waals surface area (Å²) in [5.74, 6) is 0.366. The number of carbonyl (C=O) groups excluding carboxylic acids is 1. The van der Waals surface area contributed by atoms with Crippen molar-refractivity contribution < 1.29 is 19.7 Å². The maximum absolute atomic E-state index is 11.8. The number of hydrogen-bond donors (Lipinski definition) is 3. The van der Waals surface area contributed by atoms with Crippen LogP contribution in [0.4, 0.5) is 0 Å². The van der Waals surface area contributed by atoms with E-state index in [0.717, 1.165) is 16.7 Å². The van der Waals surface area contributed by atoms with Crippen LogP contribution in [-0.4, -0.2) is 16.2 Å². The lowest BCUT2D eigenvalue weighted by Gasteiger charge is -2.11. The minimum atomic E-state index is -0.213. The summed E-state index contributed by atoms with van der Waals surface area (Å²) in [6, 6.07) is 23.5. The minimum Gasteiger partial charge on any atom is -0.508 e. The van der Waals surface area contributed by atoms with Gasteiger partial charge in [-0.25, -0.2) is 0 Å². The lowest BCUT2D eigenvalue weighted by molar-refractivity contribution is -0.145. The van der Waals surface area contributed by atoms with E-state index in [1.807, 2.05) is 68.4 Å². The summed E-state index contributed by atoms with van der Waals surface area (Å²) in [7, 11) is 0. The van der Waals surface area contributed by atoms with E-state index in [0.29, 0.717) is 13.0 Å². The molecule has 6 heteroatoms. The van der Waals surface area contributed by atoms with Gasteiger partial charge in [0.2, 0.25) is 0 Å². The number of esters is 1. The molecule has 0 bridgehead atoms. The number of nitrogens with two attached hydrogens (primary N) is 1. The fraction of sp³-hybridized carbons (Fsp3) is 0.240. The molecule has 5 nitrogen and oxygen atoms in total. The highest BCUT2D eigenvalue weighted by Gasteiger charge is 2.12. The van der Waals surface area contributed by atoms with Gasteiger partial charge in [0.15, 0.2) is 0 Å². The summed E-state index contributed by atoms with van der Waals surface area (Å²) in [5.41, 5.74) is 8.62. The van der Waals surface area contributed by atoms with Gasteiger partial charge in [-0.2, -0.15) is 0 Å². The van der Waals surface area contributed by atoms with Gasteiger partial charge in [-0.1, -0.05) is 61.5 Å². The SMILES string of the molecule is Br.C[C@H](CC(=O)OCc1ccccc1)c1ccc(O)cc1.C[C@H](N)c1ccc(O)cc1. The summed E-state index contributed by atoms with van der Waals surface area (Å²) in [6.45, 7) is 4.19. The Kier molecular flexibility index (Phi) is 11.4. The van der Waals surface area contributed by atoms with Gasteiger partial charge in [0.1, 0.15) is 18.1 Å². The van der Waals surface area contributed by atoms with E-state index < -0.39 is 0 Å². The molecule has 2 atom stereocenters. The Morgan fingerprint density at radius 3 is 1.81 bits per heavy atom. The monoisotopic (exact) mass is 487 g/mol. The zero-order chi connectivity index (χ0) is 21.9. The maximum atomic E-state index is 11.8. The van der Waals surface area contributed by atoms with E-state index in [9.17, 15) is 9.90 Å². The number of hydrogen-bond acceptors (Lipinski definition) is 5. The molecule has 0 spiro atoms. The van der Waals surface area contributed by atoms with Crippen LogP contribution in [0.3, 0.4) is 0 Å². The van der Waals surface area contributed by atoms with Crippen LogP contribution in [-0.2, 0) is 16.1 Å². The topological polar surface area (TPSA) is 92.8 Å². The van der Waals surface area contributed by atoms with Crippen LogP contribution >= 0.6 is 17.0 Å². The van der Waals surface area contributed by atoms with Gasteiger partial charge in [-0.3, -0.25) is 4.79 Å². The smallest absolute Gasteiger partial charge is 0.306 e. The average molecular weight is 488 g/mol. The number of benzene rings is 3. The first kappa shape index (κ1) is 26.2. The number of phenols is 2.